The van der Waals surface area contributed by atoms with E-state index >= 15 is 0 Å². The molecule has 0 saturated heterocycles. The van der Waals surface area contributed by atoms with E-state index in [1.807, 2.05) is 18.9 Å². The van der Waals surface area contributed by atoms with Crippen molar-refractivity contribution >= 4 is 29.2 Å². The molecule has 1 heterocycles. The van der Waals surface area contributed by atoms with Crippen molar-refractivity contribution < 1.29 is 0 Å². The fourth-order valence-electron chi connectivity index (χ4n) is 0.788. The van der Waals surface area contributed by atoms with Gasteiger partial charge in [-0.15, -0.1) is 11.6 Å². The molecule has 0 fully saturated rings. The van der Waals surface area contributed by atoms with Crippen LogP contribution >= 0.6 is 23.2 Å². The summed E-state index contributed by atoms with van der Waals surface area (Å²) in [5.41, 5.74) is 0. The highest BCUT2D eigenvalue weighted by Crippen LogP contribution is 2.11. The Morgan fingerprint density at radius 3 is 2.46 bits per heavy atom. The van der Waals surface area contributed by atoms with E-state index in [4.69, 9.17) is 23.2 Å². The molecule has 0 aliphatic rings. The Morgan fingerprint density at radius 2 is 2.00 bits per heavy atom. The molecule has 13 heavy (non-hydrogen) atoms. The minimum atomic E-state index is 0.211. The SMILES string of the molecule is CC(CCl)N(C)c1ncc(Cl)cn1. The van der Waals surface area contributed by atoms with Crippen LogP contribution in [0.1, 0.15) is 6.92 Å². The normalized spacial score (nSPS) is 12.6. The first-order valence-corrected chi connectivity index (χ1v) is 4.82. The van der Waals surface area contributed by atoms with E-state index in [0.717, 1.165) is 0 Å². The molecule has 0 aliphatic heterocycles. The van der Waals surface area contributed by atoms with Crippen LogP contribution < -0.4 is 4.90 Å². The zero-order chi connectivity index (χ0) is 9.84. The lowest BCUT2D eigenvalue weighted by atomic mass is 10.3. The van der Waals surface area contributed by atoms with Crippen molar-refractivity contribution in [1.82, 2.24) is 9.97 Å². The molecule has 0 spiro atoms. The lowest BCUT2D eigenvalue weighted by Gasteiger charge is -2.22. The zero-order valence-corrected chi connectivity index (χ0v) is 9.05. The van der Waals surface area contributed by atoms with Crippen LogP contribution in [-0.2, 0) is 0 Å². The Labute approximate surface area is 87.7 Å². The summed E-state index contributed by atoms with van der Waals surface area (Å²) < 4.78 is 0. The summed E-state index contributed by atoms with van der Waals surface area (Å²) in [6.45, 7) is 2.00. The second-order valence-electron chi connectivity index (χ2n) is 2.82. The van der Waals surface area contributed by atoms with Gasteiger partial charge in [-0.2, -0.15) is 0 Å². The standard InChI is InChI=1S/C8H11Cl2N3/c1-6(3-9)13(2)8-11-4-7(10)5-12-8/h4-6H,3H2,1-2H3. The monoisotopic (exact) mass is 219 g/mol. The molecule has 1 aromatic heterocycles. The van der Waals surface area contributed by atoms with Gasteiger partial charge in [-0.1, -0.05) is 11.6 Å². The average Bonchev–Trinajstić information content (AvgIpc) is 2.17. The van der Waals surface area contributed by atoms with Crippen LogP contribution in [0.15, 0.2) is 12.4 Å². The number of rotatable bonds is 3. The first kappa shape index (κ1) is 10.5. The summed E-state index contributed by atoms with van der Waals surface area (Å²) in [5, 5.41) is 0.538. The van der Waals surface area contributed by atoms with Crippen molar-refractivity contribution in [2.45, 2.75) is 13.0 Å². The lowest BCUT2D eigenvalue weighted by Crippen LogP contribution is -2.31. The quantitative estimate of drug-likeness (QED) is 0.731. The van der Waals surface area contributed by atoms with Gasteiger partial charge in [0.25, 0.3) is 0 Å². The van der Waals surface area contributed by atoms with E-state index in [9.17, 15) is 0 Å². The predicted octanol–water partition coefficient (Wildman–Crippen LogP) is 2.19. The number of nitrogens with zero attached hydrogens (tertiary/aromatic N) is 3. The first-order valence-electron chi connectivity index (χ1n) is 3.91. The van der Waals surface area contributed by atoms with Gasteiger partial charge < -0.3 is 4.90 Å². The Morgan fingerprint density at radius 1 is 1.46 bits per heavy atom. The third-order valence-electron chi connectivity index (χ3n) is 1.81. The van der Waals surface area contributed by atoms with Crippen LogP contribution in [-0.4, -0.2) is 28.9 Å². The highest BCUT2D eigenvalue weighted by Gasteiger charge is 2.10. The highest BCUT2D eigenvalue weighted by molar-refractivity contribution is 6.30. The van der Waals surface area contributed by atoms with Crippen LogP contribution in [0.3, 0.4) is 0 Å². The van der Waals surface area contributed by atoms with Gasteiger partial charge in [-0.05, 0) is 6.92 Å². The molecular weight excluding hydrogens is 209 g/mol. The number of aromatic nitrogens is 2. The Bertz CT molecular complexity index is 263. The van der Waals surface area contributed by atoms with E-state index in [0.29, 0.717) is 16.9 Å². The minimum Gasteiger partial charge on any atom is -0.340 e. The topological polar surface area (TPSA) is 29.0 Å². The van der Waals surface area contributed by atoms with Crippen LogP contribution in [0.5, 0.6) is 0 Å². The number of halogens is 2. The Balaban J connectivity index is 2.77. The molecule has 0 N–H and O–H groups in total. The number of hydrogen-bond donors (Lipinski definition) is 0. The van der Waals surface area contributed by atoms with Crippen LogP contribution in [0.2, 0.25) is 5.02 Å². The molecule has 1 aromatic rings. The molecule has 72 valence electrons. The maximum absolute atomic E-state index is 5.70. The molecule has 0 amide bonds. The fraction of sp³-hybridized carbons (Fsp3) is 0.500. The molecular formula is C8H11Cl2N3. The van der Waals surface area contributed by atoms with Gasteiger partial charge >= 0.3 is 0 Å². The van der Waals surface area contributed by atoms with E-state index < -0.39 is 0 Å². The summed E-state index contributed by atoms with van der Waals surface area (Å²) in [4.78, 5) is 10.0. The maximum Gasteiger partial charge on any atom is 0.225 e. The van der Waals surface area contributed by atoms with Crippen molar-refractivity contribution in [1.29, 1.82) is 0 Å². The summed E-state index contributed by atoms with van der Waals surface area (Å²) >= 11 is 11.4. The van der Waals surface area contributed by atoms with Gasteiger partial charge in [0.05, 0.1) is 17.4 Å². The maximum atomic E-state index is 5.70. The Hall–Kier alpha value is -0.540. The summed E-state index contributed by atoms with van der Waals surface area (Å²) in [7, 11) is 1.90. The third-order valence-corrected chi connectivity index (χ3v) is 2.45. The number of alkyl halides is 1. The van der Waals surface area contributed by atoms with Crippen molar-refractivity contribution in [2.75, 3.05) is 17.8 Å². The molecule has 0 aliphatic carbocycles. The third kappa shape index (κ3) is 2.71. The average molecular weight is 220 g/mol. The van der Waals surface area contributed by atoms with Gasteiger partial charge in [0, 0.05) is 19.0 Å². The van der Waals surface area contributed by atoms with Gasteiger partial charge in [0.1, 0.15) is 0 Å². The smallest absolute Gasteiger partial charge is 0.225 e. The second-order valence-corrected chi connectivity index (χ2v) is 3.56. The van der Waals surface area contributed by atoms with Gasteiger partial charge in [0.2, 0.25) is 5.95 Å². The van der Waals surface area contributed by atoms with Crippen LogP contribution in [0, 0.1) is 0 Å². The lowest BCUT2D eigenvalue weighted by molar-refractivity contribution is 0.735. The van der Waals surface area contributed by atoms with E-state index in [1.54, 1.807) is 12.4 Å². The van der Waals surface area contributed by atoms with E-state index in [2.05, 4.69) is 9.97 Å². The molecule has 0 saturated carbocycles. The van der Waals surface area contributed by atoms with Crippen LogP contribution in [0.25, 0.3) is 0 Å². The molecule has 3 nitrogen and oxygen atoms in total. The molecule has 0 aromatic carbocycles. The Kier molecular flexibility index (Phi) is 3.75. The molecule has 5 heteroatoms. The highest BCUT2D eigenvalue weighted by atomic mass is 35.5. The summed E-state index contributed by atoms with van der Waals surface area (Å²) in [6, 6.07) is 0.211. The summed E-state index contributed by atoms with van der Waals surface area (Å²) in [6.07, 6.45) is 3.14. The second kappa shape index (κ2) is 4.63. The van der Waals surface area contributed by atoms with Crippen molar-refractivity contribution in [3.8, 4) is 0 Å². The molecule has 0 bridgehead atoms. The molecule has 1 unspecified atom stereocenters. The largest absolute Gasteiger partial charge is 0.340 e. The van der Waals surface area contributed by atoms with Gasteiger partial charge in [0.15, 0.2) is 0 Å². The number of hydrogen-bond acceptors (Lipinski definition) is 3. The first-order chi connectivity index (χ1) is 6.15. The van der Waals surface area contributed by atoms with Crippen molar-refractivity contribution in [3.05, 3.63) is 17.4 Å². The van der Waals surface area contributed by atoms with E-state index in [1.165, 1.54) is 0 Å². The van der Waals surface area contributed by atoms with Gasteiger partial charge in [-0.25, -0.2) is 9.97 Å². The van der Waals surface area contributed by atoms with E-state index in [-0.39, 0.29) is 6.04 Å². The zero-order valence-electron chi connectivity index (χ0n) is 7.54. The summed E-state index contributed by atoms with van der Waals surface area (Å²) in [5.74, 6) is 1.18. The predicted molar refractivity (Wildman–Crippen MR) is 55.6 cm³/mol. The minimum absolute atomic E-state index is 0.211. The number of anilines is 1. The molecule has 1 atom stereocenters. The molecule has 0 radical (unpaired) electrons. The van der Waals surface area contributed by atoms with Crippen molar-refractivity contribution in [3.63, 3.8) is 0 Å². The van der Waals surface area contributed by atoms with Crippen LogP contribution in [0.4, 0.5) is 5.95 Å². The fourth-order valence-corrected chi connectivity index (χ4v) is 1.09. The van der Waals surface area contributed by atoms with Crippen molar-refractivity contribution in [2.24, 2.45) is 0 Å². The van der Waals surface area contributed by atoms with Gasteiger partial charge in [-0.3, -0.25) is 0 Å². The molecule has 1 rings (SSSR count).